The molecule has 0 radical (unpaired) electrons. The molecule has 0 amide bonds. The highest BCUT2D eigenvalue weighted by molar-refractivity contribution is 6.43. The van der Waals surface area contributed by atoms with Crippen LogP contribution in [0.5, 0.6) is 0 Å². The maximum absolute atomic E-state index is 9.95. The summed E-state index contributed by atoms with van der Waals surface area (Å²) < 4.78 is 1.57. The summed E-state index contributed by atoms with van der Waals surface area (Å²) in [7, 11) is 1.76. The molecule has 0 bridgehead atoms. The van der Waals surface area contributed by atoms with Gasteiger partial charge in [-0.1, -0.05) is 29.6 Å². The van der Waals surface area contributed by atoms with Crippen LogP contribution in [0.3, 0.4) is 0 Å². The SMILES string of the molecule is Cn1nc2ccc(-c3[nH]nc4nc(N5CCC6(CCCC6N)CC5)nc(C#N)c34)c(Cl)c2c1Cl. The van der Waals surface area contributed by atoms with Gasteiger partial charge >= 0.3 is 0 Å². The maximum Gasteiger partial charge on any atom is 0.228 e. The molecule has 1 aliphatic heterocycles. The predicted octanol–water partition coefficient (Wildman–Crippen LogP) is 4.18. The van der Waals surface area contributed by atoms with Crippen LogP contribution in [0.15, 0.2) is 12.1 Å². The molecule has 2 fully saturated rings. The van der Waals surface area contributed by atoms with E-state index in [1.54, 1.807) is 11.7 Å². The summed E-state index contributed by atoms with van der Waals surface area (Å²) in [5.41, 5.74) is 9.30. The third-order valence-electron chi connectivity index (χ3n) is 7.66. The van der Waals surface area contributed by atoms with E-state index in [-0.39, 0.29) is 17.2 Å². The van der Waals surface area contributed by atoms with Crippen LogP contribution >= 0.6 is 23.2 Å². The third kappa shape index (κ3) is 3.09. The molecule has 1 atom stereocenters. The second-order valence-corrected chi connectivity index (χ2v) is 10.1. The van der Waals surface area contributed by atoms with E-state index in [1.165, 1.54) is 12.8 Å². The van der Waals surface area contributed by atoms with E-state index in [4.69, 9.17) is 33.9 Å². The van der Waals surface area contributed by atoms with Crippen molar-refractivity contribution >= 4 is 51.1 Å². The molecule has 3 aromatic heterocycles. The lowest BCUT2D eigenvalue weighted by molar-refractivity contribution is 0.197. The van der Waals surface area contributed by atoms with E-state index in [1.807, 2.05) is 12.1 Å². The van der Waals surface area contributed by atoms with Gasteiger partial charge in [-0.3, -0.25) is 9.78 Å². The standard InChI is InChI=1S/C23H23Cl2N9/c1-33-20(25)16-13(32-33)5-4-12(18(16)24)19-17-14(11-26)28-22(29-21(17)31-30-19)34-9-7-23(8-10-34)6-2-3-15(23)27/h4-5,15H,2-3,6-10,27H2,1H3,(H,28,29,30,31). The van der Waals surface area contributed by atoms with Gasteiger partial charge in [-0.05, 0) is 43.2 Å². The first kappa shape index (κ1) is 21.6. The molecular formula is C23H23Cl2N9. The van der Waals surface area contributed by atoms with Crippen molar-refractivity contribution in [2.45, 2.75) is 38.1 Å². The average Bonchev–Trinajstić information content (AvgIpc) is 3.50. The van der Waals surface area contributed by atoms with E-state index in [9.17, 15) is 5.26 Å². The Bertz CT molecular complexity index is 1470. The lowest BCUT2D eigenvalue weighted by Gasteiger charge is -2.42. The van der Waals surface area contributed by atoms with E-state index in [2.05, 4.69) is 31.2 Å². The third-order valence-corrected chi connectivity index (χ3v) is 8.49. The lowest BCUT2D eigenvalue weighted by Crippen LogP contribution is -2.47. The summed E-state index contributed by atoms with van der Waals surface area (Å²) >= 11 is 13.2. The number of piperidine rings is 1. The van der Waals surface area contributed by atoms with Crippen molar-refractivity contribution in [1.29, 1.82) is 5.26 Å². The number of halogens is 2. The van der Waals surface area contributed by atoms with Crippen molar-refractivity contribution in [3.05, 3.63) is 28.0 Å². The van der Waals surface area contributed by atoms with Gasteiger partial charge in [-0.2, -0.15) is 20.4 Å². The van der Waals surface area contributed by atoms with Crippen LogP contribution in [-0.4, -0.2) is 49.1 Å². The Morgan fingerprint density at radius 2 is 1.97 bits per heavy atom. The number of hydrogen-bond acceptors (Lipinski definition) is 7. The number of nitrogens with zero attached hydrogens (tertiary/aromatic N) is 7. The van der Waals surface area contributed by atoms with E-state index >= 15 is 0 Å². The first-order chi connectivity index (χ1) is 16.4. The zero-order valence-electron chi connectivity index (χ0n) is 18.6. The van der Waals surface area contributed by atoms with Crippen molar-refractivity contribution in [1.82, 2.24) is 29.9 Å². The minimum absolute atomic E-state index is 0.237. The smallest absolute Gasteiger partial charge is 0.228 e. The van der Waals surface area contributed by atoms with Gasteiger partial charge in [-0.25, -0.2) is 4.98 Å². The van der Waals surface area contributed by atoms with Crippen molar-refractivity contribution in [3.8, 4) is 17.3 Å². The molecule has 9 nitrogen and oxygen atoms in total. The number of aryl methyl sites for hydroxylation is 1. The fourth-order valence-corrected chi connectivity index (χ4v) is 6.30. The van der Waals surface area contributed by atoms with Crippen molar-refractivity contribution in [2.75, 3.05) is 18.0 Å². The summed E-state index contributed by atoms with van der Waals surface area (Å²) in [5, 5.41) is 23.8. The van der Waals surface area contributed by atoms with Crippen LogP contribution < -0.4 is 10.6 Å². The Morgan fingerprint density at radius 3 is 2.68 bits per heavy atom. The second-order valence-electron chi connectivity index (χ2n) is 9.37. The molecule has 3 N–H and O–H groups in total. The Balaban J connectivity index is 1.40. The normalized spacial score (nSPS) is 20.0. The minimum Gasteiger partial charge on any atom is -0.341 e. The number of benzene rings is 1. The fourth-order valence-electron chi connectivity index (χ4n) is 5.67. The number of nitriles is 1. The topological polar surface area (TPSA) is 125 Å². The van der Waals surface area contributed by atoms with Gasteiger partial charge in [0.05, 0.1) is 27.0 Å². The summed E-state index contributed by atoms with van der Waals surface area (Å²) in [4.78, 5) is 11.5. The molecule has 1 saturated heterocycles. The molecular weight excluding hydrogens is 473 g/mol. The first-order valence-corrected chi connectivity index (χ1v) is 12.2. The van der Waals surface area contributed by atoms with Gasteiger partial charge < -0.3 is 10.6 Å². The Kier molecular flexibility index (Phi) is 4.96. The highest BCUT2D eigenvalue weighted by Gasteiger charge is 2.43. The highest BCUT2D eigenvalue weighted by atomic mass is 35.5. The lowest BCUT2D eigenvalue weighted by atomic mass is 9.74. The summed E-state index contributed by atoms with van der Waals surface area (Å²) in [6, 6.07) is 6.18. The molecule has 6 rings (SSSR count). The molecule has 174 valence electrons. The second kappa shape index (κ2) is 7.80. The maximum atomic E-state index is 9.95. The van der Waals surface area contributed by atoms with Gasteiger partial charge in [0.2, 0.25) is 5.95 Å². The van der Waals surface area contributed by atoms with Gasteiger partial charge in [0.1, 0.15) is 11.2 Å². The summed E-state index contributed by atoms with van der Waals surface area (Å²) in [6.45, 7) is 1.65. The number of fused-ring (bicyclic) bond motifs is 2. The number of aromatic amines is 1. The van der Waals surface area contributed by atoms with Gasteiger partial charge in [0.25, 0.3) is 0 Å². The number of aromatic nitrogens is 6. The van der Waals surface area contributed by atoms with Gasteiger partial charge in [0, 0.05) is 31.7 Å². The number of hydrogen-bond donors (Lipinski definition) is 2. The van der Waals surface area contributed by atoms with Crippen LogP contribution in [0.25, 0.3) is 33.2 Å². The molecule has 34 heavy (non-hydrogen) atoms. The molecule has 1 saturated carbocycles. The van der Waals surface area contributed by atoms with Crippen LogP contribution in [-0.2, 0) is 7.05 Å². The number of nitrogens with two attached hydrogens (primary N) is 1. The molecule has 2 aliphatic rings. The minimum atomic E-state index is 0.237. The number of H-pyrrole nitrogens is 1. The van der Waals surface area contributed by atoms with Crippen molar-refractivity contribution in [2.24, 2.45) is 18.2 Å². The molecule has 11 heteroatoms. The highest BCUT2D eigenvalue weighted by Crippen LogP contribution is 2.46. The quantitative estimate of drug-likeness (QED) is 0.426. The Hall–Kier alpha value is -2.93. The fraction of sp³-hybridized carbons (Fsp3) is 0.435. The number of rotatable bonds is 2. The Labute approximate surface area is 205 Å². The van der Waals surface area contributed by atoms with Crippen LogP contribution in [0.2, 0.25) is 10.2 Å². The zero-order valence-corrected chi connectivity index (χ0v) is 20.2. The largest absolute Gasteiger partial charge is 0.341 e. The molecule has 1 unspecified atom stereocenters. The van der Waals surface area contributed by atoms with Crippen LogP contribution in [0.4, 0.5) is 5.95 Å². The average molecular weight is 496 g/mol. The summed E-state index contributed by atoms with van der Waals surface area (Å²) in [6.07, 6.45) is 5.54. The first-order valence-electron chi connectivity index (χ1n) is 11.4. The molecule has 1 aliphatic carbocycles. The molecule has 4 heterocycles. The number of anilines is 1. The molecule has 1 spiro atoms. The molecule has 4 aromatic rings. The van der Waals surface area contributed by atoms with E-state index in [0.717, 1.165) is 32.4 Å². The van der Waals surface area contributed by atoms with Crippen LogP contribution in [0.1, 0.15) is 37.8 Å². The van der Waals surface area contributed by atoms with Crippen molar-refractivity contribution in [3.63, 3.8) is 0 Å². The van der Waals surface area contributed by atoms with E-state index in [0.29, 0.717) is 49.3 Å². The molecule has 1 aromatic carbocycles. The van der Waals surface area contributed by atoms with Gasteiger partial charge in [-0.15, -0.1) is 0 Å². The van der Waals surface area contributed by atoms with Crippen LogP contribution in [0, 0.1) is 16.7 Å². The Morgan fingerprint density at radius 1 is 1.18 bits per heavy atom. The monoisotopic (exact) mass is 495 g/mol. The van der Waals surface area contributed by atoms with Gasteiger partial charge in [0.15, 0.2) is 11.3 Å². The predicted molar refractivity (Wildman–Crippen MR) is 132 cm³/mol. The number of nitrogens with one attached hydrogen (secondary N) is 1. The van der Waals surface area contributed by atoms with Crippen molar-refractivity contribution < 1.29 is 0 Å². The summed E-state index contributed by atoms with van der Waals surface area (Å²) in [5.74, 6) is 0.528. The van der Waals surface area contributed by atoms with E-state index < -0.39 is 0 Å². The zero-order chi connectivity index (χ0) is 23.6.